The molecule has 0 amide bonds. The third-order valence-electron chi connectivity index (χ3n) is 3.70. The van der Waals surface area contributed by atoms with Gasteiger partial charge in [-0.2, -0.15) is 0 Å². The van der Waals surface area contributed by atoms with Crippen molar-refractivity contribution in [3.63, 3.8) is 0 Å². The van der Waals surface area contributed by atoms with Crippen molar-refractivity contribution in [2.75, 3.05) is 11.5 Å². The Balaban J connectivity index is 2.04. The third-order valence-corrected chi connectivity index (χ3v) is 5.08. The van der Waals surface area contributed by atoms with Gasteiger partial charge in [-0.1, -0.05) is 26.0 Å². The Morgan fingerprint density at radius 2 is 1.79 bits per heavy atom. The minimum Gasteiger partial charge on any atom is -0.307 e. The highest BCUT2D eigenvalue weighted by Crippen LogP contribution is 2.24. The summed E-state index contributed by atoms with van der Waals surface area (Å²) < 4.78 is 24.4. The molecule has 1 saturated heterocycles. The van der Waals surface area contributed by atoms with Crippen LogP contribution in [0.5, 0.6) is 0 Å². The summed E-state index contributed by atoms with van der Waals surface area (Å²) in [4.78, 5) is 0. The van der Waals surface area contributed by atoms with E-state index in [1.807, 2.05) is 12.1 Å². The molecule has 0 spiro atoms. The van der Waals surface area contributed by atoms with Crippen LogP contribution in [0.1, 0.15) is 38.3 Å². The summed E-state index contributed by atoms with van der Waals surface area (Å²) in [7, 11) is -0.624. The highest BCUT2D eigenvalue weighted by atomic mass is 32.2. The maximum absolute atomic E-state index is 13.0. The van der Waals surface area contributed by atoms with Crippen molar-refractivity contribution in [1.82, 2.24) is 5.32 Å². The molecule has 1 N–H and O–H groups in total. The van der Waals surface area contributed by atoms with Gasteiger partial charge in [-0.25, -0.2) is 4.39 Å². The number of rotatable bonds is 4. The topological polar surface area (TPSA) is 29.1 Å². The predicted molar refractivity (Wildman–Crippen MR) is 78.0 cm³/mol. The van der Waals surface area contributed by atoms with Gasteiger partial charge in [-0.05, 0) is 36.5 Å². The Morgan fingerprint density at radius 1 is 1.21 bits per heavy atom. The Hall–Kier alpha value is -0.740. The number of hydrogen-bond acceptors (Lipinski definition) is 2. The fraction of sp³-hybridized carbons (Fsp3) is 0.600. The number of benzene rings is 1. The minimum absolute atomic E-state index is 0.195. The molecule has 0 saturated carbocycles. The van der Waals surface area contributed by atoms with Crippen LogP contribution < -0.4 is 5.32 Å². The fourth-order valence-electron chi connectivity index (χ4n) is 2.56. The molecule has 2 rings (SSSR count). The lowest BCUT2D eigenvalue weighted by atomic mass is 9.94. The zero-order valence-corrected chi connectivity index (χ0v) is 12.4. The van der Waals surface area contributed by atoms with Crippen molar-refractivity contribution < 1.29 is 8.60 Å². The van der Waals surface area contributed by atoms with E-state index in [1.54, 1.807) is 0 Å². The summed E-state index contributed by atoms with van der Waals surface area (Å²) in [6, 6.07) is 7.40. The van der Waals surface area contributed by atoms with Crippen molar-refractivity contribution in [2.45, 2.75) is 38.8 Å². The van der Waals surface area contributed by atoms with Crippen molar-refractivity contribution in [3.05, 3.63) is 35.6 Å². The summed E-state index contributed by atoms with van der Waals surface area (Å²) in [5.74, 6) is 1.84. The highest BCUT2D eigenvalue weighted by molar-refractivity contribution is 7.85. The van der Waals surface area contributed by atoms with Gasteiger partial charge in [0, 0.05) is 34.4 Å². The molecule has 1 aromatic rings. The van der Waals surface area contributed by atoms with Gasteiger partial charge in [0.2, 0.25) is 0 Å². The Kier molecular flexibility index (Phi) is 5.11. The molecule has 1 aromatic carbocycles. The summed E-state index contributed by atoms with van der Waals surface area (Å²) in [5, 5.41) is 3.65. The van der Waals surface area contributed by atoms with Crippen LogP contribution in [0.25, 0.3) is 0 Å². The lowest BCUT2D eigenvalue weighted by molar-refractivity contribution is 0.344. The van der Waals surface area contributed by atoms with Gasteiger partial charge in [-0.15, -0.1) is 0 Å². The molecule has 106 valence electrons. The van der Waals surface area contributed by atoms with Crippen molar-refractivity contribution in [3.8, 4) is 0 Å². The predicted octanol–water partition coefficient (Wildman–Crippen LogP) is 3.02. The van der Waals surface area contributed by atoms with Crippen molar-refractivity contribution in [2.24, 2.45) is 5.92 Å². The number of nitrogens with one attached hydrogen (secondary N) is 1. The van der Waals surface area contributed by atoms with Gasteiger partial charge >= 0.3 is 0 Å². The van der Waals surface area contributed by atoms with E-state index in [9.17, 15) is 8.60 Å². The van der Waals surface area contributed by atoms with E-state index in [2.05, 4.69) is 19.2 Å². The third kappa shape index (κ3) is 4.11. The summed E-state index contributed by atoms with van der Waals surface area (Å²) >= 11 is 0. The first-order valence-corrected chi connectivity index (χ1v) is 8.41. The molecular weight excluding hydrogens is 261 g/mol. The normalized spacial score (nSPS) is 25.5. The smallest absolute Gasteiger partial charge is 0.123 e. The maximum Gasteiger partial charge on any atom is 0.123 e. The van der Waals surface area contributed by atoms with Gasteiger partial charge < -0.3 is 5.32 Å². The molecular formula is C15H22FNOS. The average molecular weight is 283 g/mol. The molecule has 0 aromatic heterocycles. The highest BCUT2D eigenvalue weighted by Gasteiger charge is 2.23. The standard InChI is InChI=1S/C15H22FNOS/c1-11(2)15(12-3-5-13(16)6-4-12)17-14-7-9-19(18)10-8-14/h3-6,11,14-15,17H,7-10H2,1-2H3. The van der Waals surface area contributed by atoms with E-state index < -0.39 is 10.8 Å². The molecule has 1 heterocycles. The summed E-state index contributed by atoms with van der Waals surface area (Å²) in [6.45, 7) is 4.34. The van der Waals surface area contributed by atoms with E-state index in [0.717, 1.165) is 29.9 Å². The van der Waals surface area contributed by atoms with Crippen LogP contribution in [0.3, 0.4) is 0 Å². The van der Waals surface area contributed by atoms with Crippen LogP contribution in [-0.2, 0) is 10.8 Å². The van der Waals surface area contributed by atoms with Crippen LogP contribution >= 0.6 is 0 Å². The van der Waals surface area contributed by atoms with E-state index in [1.165, 1.54) is 12.1 Å². The lowest BCUT2D eigenvalue weighted by Crippen LogP contribution is -2.39. The number of halogens is 1. The van der Waals surface area contributed by atoms with Crippen molar-refractivity contribution in [1.29, 1.82) is 0 Å². The molecule has 1 unspecified atom stereocenters. The second kappa shape index (κ2) is 6.62. The van der Waals surface area contributed by atoms with Gasteiger partial charge in [0.05, 0.1) is 0 Å². The zero-order valence-electron chi connectivity index (χ0n) is 11.6. The summed E-state index contributed by atoms with van der Waals surface area (Å²) in [6.07, 6.45) is 1.94. The molecule has 19 heavy (non-hydrogen) atoms. The molecule has 1 fully saturated rings. The second-order valence-corrected chi connectivity index (χ2v) is 7.26. The Labute approximate surface area is 117 Å². The molecule has 0 radical (unpaired) electrons. The Bertz CT molecular complexity index is 422. The summed E-state index contributed by atoms with van der Waals surface area (Å²) in [5.41, 5.74) is 1.13. The minimum atomic E-state index is -0.624. The van der Waals surface area contributed by atoms with E-state index >= 15 is 0 Å². The first kappa shape index (κ1) is 14.7. The van der Waals surface area contributed by atoms with Crippen LogP contribution in [0.15, 0.2) is 24.3 Å². The van der Waals surface area contributed by atoms with Crippen LogP contribution in [0.2, 0.25) is 0 Å². The lowest BCUT2D eigenvalue weighted by Gasteiger charge is -2.31. The van der Waals surface area contributed by atoms with Crippen LogP contribution in [0, 0.1) is 11.7 Å². The first-order valence-electron chi connectivity index (χ1n) is 6.92. The van der Waals surface area contributed by atoms with Crippen LogP contribution in [0.4, 0.5) is 4.39 Å². The van der Waals surface area contributed by atoms with Gasteiger partial charge in [0.15, 0.2) is 0 Å². The van der Waals surface area contributed by atoms with E-state index in [0.29, 0.717) is 12.0 Å². The van der Waals surface area contributed by atoms with Crippen molar-refractivity contribution >= 4 is 10.8 Å². The molecule has 2 nitrogen and oxygen atoms in total. The first-order chi connectivity index (χ1) is 9.06. The monoisotopic (exact) mass is 283 g/mol. The molecule has 1 aliphatic rings. The van der Waals surface area contributed by atoms with E-state index in [-0.39, 0.29) is 11.9 Å². The molecule has 0 aliphatic carbocycles. The molecule has 0 bridgehead atoms. The van der Waals surface area contributed by atoms with Gasteiger partial charge in [-0.3, -0.25) is 4.21 Å². The SMILES string of the molecule is CC(C)C(NC1CCS(=O)CC1)c1ccc(F)cc1. The maximum atomic E-state index is 13.0. The Morgan fingerprint density at radius 3 is 2.32 bits per heavy atom. The average Bonchev–Trinajstić information content (AvgIpc) is 2.39. The van der Waals surface area contributed by atoms with Gasteiger partial charge in [0.25, 0.3) is 0 Å². The molecule has 4 heteroatoms. The van der Waals surface area contributed by atoms with Crippen LogP contribution in [-0.4, -0.2) is 21.8 Å². The quantitative estimate of drug-likeness (QED) is 0.920. The molecule has 1 aliphatic heterocycles. The largest absolute Gasteiger partial charge is 0.307 e. The van der Waals surface area contributed by atoms with E-state index in [4.69, 9.17) is 0 Å². The fourth-order valence-corrected chi connectivity index (χ4v) is 3.86. The van der Waals surface area contributed by atoms with Gasteiger partial charge in [0.1, 0.15) is 5.82 Å². The number of hydrogen-bond donors (Lipinski definition) is 1. The molecule has 1 atom stereocenters. The second-order valence-electron chi connectivity index (χ2n) is 5.56. The zero-order chi connectivity index (χ0) is 13.8.